The molecule has 2 N–H and O–H groups in total. The number of nitrogens with one attached hydrogen (secondary N) is 1. The molecule has 0 heterocycles. The van der Waals surface area contributed by atoms with Crippen LogP contribution in [0.4, 0.5) is 5.69 Å². The van der Waals surface area contributed by atoms with Gasteiger partial charge in [0.25, 0.3) is 5.91 Å². The van der Waals surface area contributed by atoms with Crippen molar-refractivity contribution in [2.75, 3.05) is 5.32 Å². The molecule has 0 unspecified atom stereocenters. The maximum atomic E-state index is 12.5. The summed E-state index contributed by atoms with van der Waals surface area (Å²) >= 11 is 0. The van der Waals surface area contributed by atoms with Crippen LogP contribution in [0.5, 0.6) is 5.75 Å². The molecule has 0 saturated heterocycles. The predicted octanol–water partition coefficient (Wildman–Crippen LogP) is 4.57. The van der Waals surface area contributed by atoms with E-state index >= 15 is 0 Å². The Hall–Kier alpha value is -3.11. The van der Waals surface area contributed by atoms with Crippen LogP contribution in [0.3, 0.4) is 0 Å². The Balaban J connectivity index is 1.67. The monoisotopic (exact) mass is 347 g/mol. The van der Waals surface area contributed by atoms with Crippen molar-refractivity contribution in [1.29, 1.82) is 0 Å². The molecule has 3 aromatic rings. The molecule has 4 nitrogen and oxygen atoms in total. The highest BCUT2D eigenvalue weighted by atomic mass is 16.5. The quantitative estimate of drug-likeness (QED) is 0.687. The lowest BCUT2D eigenvalue weighted by atomic mass is 10.1. The van der Waals surface area contributed by atoms with Crippen LogP contribution in [0, 0.1) is 0 Å². The molecule has 0 aliphatic heterocycles. The third-order valence-corrected chi connectivity index (χ3v) is 3.97. The molecule has 1 atom stereocenters. The van der Waals surface area contributed by atoms with Crippen LogP contribution >= 0.6 is 0 Å². The average Bonchev–Trinajstić information content (AvgIpc) is 2.67. The topological polar surface area (TPSA) is 58.6 Å². The summed E-state index contributed by atoms with van der Waals surface area (Å²) in [5.41, 5.74) is 2.97. The summed E-state index contributed by atoms with van der Waals surface area (Å²) in [4.78, 5) is 12.5. The lowest BCUT2D eigenvalue weighted by Crippen LogP contribution is -2.12. The van der Waals surface area contributed by atoms with Crippen molar-refractivity contribution >= 4 is 11.6 Å². The van der Waals surface area contributed by atoms with Gasteiger partial charge in [0.1, 0.15) is 12.4 Å². The minimum absolute atomic E-state index is 0.224. The number of rotatable bonds is 6. The molecule has 0 fully saturated rings. The molecule has 0 saturated carbocycles. The number of hydrogen-bond acceptors (Lipinski definition) is 3. The van der Waals surface area contributed by atoms with Crippen LogP contribution in [-0.2, 0) is 6.61 Å². The van der Waals surface area contributed by atoms with Gasteiger partial charge >= 0.3 is 0 Å². The lowest BCUT2D eigenvalue weighted by Gasteiger charge is -2.10. The first-order valence-corrected chi connectivity index (χ1v) is 8.48. The first-order valence-electron chi connectivity index (χ1n) is 8.48. The van der Waals surface area contributed by atoms with Gasteiger partial charge in [-0.05, 0) is 48.4 Å². The highest BCUT2D eigenvalue weighted by molar-refractivity contribution is 6.04. The van der Waals surface area contributed by atoms with Gasteiger partial charge in [-0.3, -0.25) is 4.79 Å². The van der Waals surface area contributed by atoms with Crippen LogP contribution < -0.4 is 10.1 Å². The van der Waals surface area contributed by atoms with E-state index in [4.69, 9.17) is 4.74 Å². The van der Waals surface area contributed by atoms with Crippen molar-refractivity contribution in [2.45, 2.75) is 19.6 Å². The van der Waals surface area contributed by atoms with Crippen LogP contribution in [0.2, 0.25) is 0 Å². The summed E-state index contributed by atoms with van der Waals surface area (Å²) in [6.07, 6.45) is -0.582. The molecule has 132 valence electrons. The van der Waals surface area contributed by atoms with E-state index in [2.05, 4.69) is 5.32 Å². The standard InChI is InChI=1S/C22H21NO3/c1-16(24)18-9-5-11-20(13-18)23-22(25)19-10-6-12-21(14-19)26-15-17-7-3-2-4-8-17/h2-14,16,24H,15H2,1H3,(H,23,25)/t16-/m0/s1. The van der Waals surface area contributed by atoms with Gasteiger partial charge in [0.05, 0.1) is 6.10 Å². The molecule has 0 radical (unpaired) electrons. The number of hydrogen-bond donors (Lipinski definition) is 2. The summed E-state index contributed by atoms with van der Waals surface area (Å²) in [5, 5.41) is 12.5. The van der Waals surface area contributed by atoms with Gasteiger partial charge in [-0.1, -0.05) is 48.5 Å². The highest BCUT2D eigenvalue weighted by Gasteiger charge is 2.09. The second-order valence-electron chi connectivity index (χ2n) is 6.06. The second kappa shape index (κ2) is 8.32. The molecule has 0 bridgehead atoms. The summed E-state index contributed by atoms with van der Waals surface area (Å²) in [7, 11) is 0. The molecule has 0 spiro atoms. The first kappa shape index (κ1) is 17.7. The van der Waals surface area contributed by atoms with Crippen LogP contribution in [-0.4, -0.2) is 11.0 Å². The molecule has 1 amide bonds. The summed E-state index contributed by atoms with van der Waals surface area (Å²) in [6.45, 7) is 2.14. The molecule has 0 aliphatic rings. The van der Waals surface area contributed by atoms with Gasteiger partial charge in [0.2, 0.25) is 0 Å². The van der Waals surface area contributed by atoms with Gasteiger partial charge in [-0.2, -0.15) is 0 Å². The summed E-state index contributed by atoms with van der Waals surface area (Å²) < 4.78 is 5.77. The largest absolute Gasteiger partial charge is 0.489 e. The number of amides is 1. The maximum Gasteiger partial charge on any atom is 0.255 e. The van der Waals surface area contributed by atoms with Crippen molar-refractivity contribution in [3.8, 4) is 5.75 Å². The van der Waals surface area contributed by atoms with E-state index in [-0.39, 0.29) is 5.91 Å². The fraction of sp³-hybridized carbons (Fsp3) is 0.136. The third-order valence-electron chi connectivity index (χ3n) is 3.97. The number of ether oxygens (including phenoxy) is 1. The SMILES string of the molecule is C[C@H](O)c1cccc(NC(=O)c2cccc(OCc3ccccc3)c2)c1. The zero-order chi connectivity index (χ0) is 18.4. The highest BCUT2D eigenvalue weighted by Crippen LogP contribution is 2.19. The van der Waals surface area contributed by atoms with Crippen molar-refractivity contribution in [1.82, 2.24) is 0 Å². The molecule has 26 heavy (non-hydrogen) atoms. The van der Waals surface area contributed by atoms with Gasteiger partial charge in [0, 0.05) is 11.3 Å². The lowest BCUT2D eigenvalue weighted by molar-refractivity contribution is 0.102. The van der Waals surface area contributed by atoms with E-state index in [0.29, 0.717) is 23.6 Å². The molecule has 3 aromatic carbocycles. The predicted molar refractivity (Wildman–Crippen MR) is 102 cm³/mol. The maximum absolute atomic E-state index is 12.5. The number of aliphatic hydroxyl groups is 1. The second-order valence-corrected chi connectivity index (χ2v) is 6.06. The number of aliphatic hydroxyl groups excluding tert-OH is 1. The Labute approximate surface area is 153 Å². The normalized spacial score (nSPS) is 11.6. The fourth-order valence-electron chi connectivity index (χ4n) is 2.55. The summed E-state index contributed by atoms with van der Waals surface area (Å²) in [5.74, 6) is 0.414. The average molecular weight is 347 g/mol. The number of benzene rings is 3. The smallest absolute Gasteiger partial charge is 0.255 e. The fourth-order valence-corrected chi connectivity index (χ4v) is 2.55. The van der Waals surface area contributed by atoms with E-state index < -0.39 is 6.10 Å². The van der Waals surface area contributed by atoms with Crippen LogP contribution in [0.25, 0.3) is 0 Å². The first-order chi connectivity index (χ1) is 12.6. The van der Waals surface area contributed by atoms with E-state index in [1.54, 1.807) is 43.3 Å². The minimum atomic E-state index is -0.582. The number of anilines is 1. The van der Waals surface area contributed by atoms with Crippen molar-refractivity contribution in [3.63, 3.8) is 0 Å². The Kier molecular flexibility index (Phi) is 5.66. The Morgan fingerprint density at radius 3 is 2.54 bits per heavy atom. The van der Waals surface area contributed by atoms with Crippen LogP contribution in [0.15, 0.2) is 78.9 Å². The minimum Gasteiger partial charge on any atom is -0.489 e. The summed E-state index contributed by atoms with van der Waals surface area (Å²) in [6, 6.07) is 24.1. The Bertz CT molecular complexity index is 875. The Morgan fingerprint density at radius 1 is 1.00 bits per heavy atom. The van der Waals surface area contributed by atoms with Crippen molar-refractivity contribution < 1.29 is 14.6 Å². The molecule has 0 aromatic heterocycles. The van der Waals surface area contributed by atoms with Crippen molar-refractivity contribution in [2.24, 2.45) is 0 Å². The number of carbonyl (C=O) groups excluding carboxylic acids is 1. The van der Waals surface area contributed by atoms with Gasteiger partial charge < -0.3 is 15.2 Å². The van der Waals surface area contributed by atoms with Gasteiger partial charge in [0.15, 0.2) is 0 Å². The molecular weight excluding hydrogens is 326 g/mol. The van der Waals surface area contributed by atoms with Gasteiger partial charge in [-0.15, -0.1) is 0 Å². The molecule has 0 aliphatic carbocycles. The zero-order valence-electron chi connectivity index (χ0n) is 14.6. The van der Waals surface area contributed by atoms with Gasteiger partial charge in [-0.25, -0.2) is 0 Å². The van der Waals surface area contributed by atoms with E-state index in [0.717, 1.165) is 11.1 Å². The zero-order valence-corrected chi connectivity index (χ0v) is 14.6. The Morgan fingerprint density at radius 2 is 1.77 bits per heavy atom. The molecule has 3 rings (SSSR count). The molecule has 4 heteroatoms. The van der Waals surface area contributed by atoms with E-state index in [9.17, 15) is 9.90 Å². The van der Waals surface area contributed by atoms with Crippen molar-refractivity contribution in [3.05, 3.63) is 95.6 Å². The number of carbonyl (C=O) groups is 1. The third kappa shape index (κ3) is 4.71. The molecular formula is C22H21NO3. The van der Waals surface area contributed by atoms with E-state index in [1.807, 2.05) is 42.5 Å². The van der Waals surface area contributed by atoms with E-state index in [1.165, 1.54) is 0 Å². The van der Waals surface area contributed by atoms with Crippen LogP contribution in [0.1, 0.15) is 34.5 Å².